The Morgan fingerprint density at radius 2 is 2.19 bits per heavy atom. The maximum Gasteiger partial charge on any atom is 0.356 e. The molecular weight excluding hydrogens is 276 g/mol. The van der Waals surface area contributed by atoms with Crippen LogP contribution in [0.3, 0.4) is 0 Å². The lowest BCUT2D eigenvalue weighted by Crippen LogP contribution is -2.43. The summed E-state index contributed by atoms with van der Waals surface area (Å²) in [6.45, 7) is 3.68. The zero-order valence-electron chi connectivity index (χ0n) is 12.2. The third kappa shape index (κ3) is 5.82. The highest BCUT2D eigenvalue weighted by atomic mass is 16.4. The van der Waals surface area contributed by atoms with Gasteiger partial charge in [0.15, 0.2) is 5.69 Å². The van der Waals surface area contributed by atoms with Gasteiger partial charge < -0.3 is 25.0 Å². The predicted octanol–water partition coefficient (Wildman–Crippen LogP) is 0.385. The van der Waals surface area contributed by atoms with Gasteiger partial charge in [-0.25, -0.2) is 14.6 Å². The molecule has 1 aromatic heterocycles. The zero-order chi connectivity index (χ0) is 15.7. The molecule has 0 spiro atoms. The van der Waals surface area contributed by atoms with E-state index in [1.807, 2.05) is 6.92 Å². The highest BCUT2D eigenvalue weighted by molar-refractivity contribution is 5.84. The Kier molecular flexibility index (Phi) is 7.24. The van der Waals surface area contributed by atoms with Gasteiger partial charge in [-0.1, -0.05) is 13.3 Å². The van der Waals surface area contributed by atoms with Crippen molar-refractivity contribution >= 4 is 12.0 Å². The summed E-state index contributed by atoms with van der Waals surface area (Å²) in [5, 5.41) is 20.4. The molecular formula is C13H22N4O4. The molecule has 0 saturated heterocycles. The molecule has 0 radical (unpaired) electrons. The molecule has 118 valence electrons. The number of amides is 2. The van der Waals surface area contributed by atoms with E-state index in [2.05, 4.69) is 10.3 Å². The van der Waals surface area contributed by atoms with Crippen LogP contribution in [0.4, 0.5) is 4.79 Å². The first-order valence-electron chi connectivity index (χ1n) is 6.97. The Morgan fingerprint density at radius 1 is 1.43 bits per heavy atom. The minimum Gasteiger partial charge on any atom is -0.476 e. The summed E-state index contributed by atoms with van der Waals surface area (Å²) in [6.07, 6.45) is 4.69. The van der Waals surface area contributed by atoms with Crippen molar-refractivity contribution in [1.82, 2.24) is 19.8 Å². The van der Waals surface area contributed by atoms with E-state index in [1.54, 1.807) is 9.47 Å². The normalized spacial score (nSPS) is 10.4. The summed E-state index contributed by atoms with van der Waals surface area (Å²) in [4.78, 5) is 27.9. The van der Waals surface area contributed by atoms with Crippen LogP contribution in [-0.4, -0.2) is 62.9 Å². The van der Waals surface area contributed by atoms with E-state index in [0.717, 1.165) is 12.8 Å². The Hall–Kier alpha value is -2.09. The number of aliphatic hydroxyl groups excluding tert-OH is 1. The molecule has 1 heterocycles. The first-order valence-corrected chi connectivity index (χ1v) is 6.97. The average molecular weight is 298 g/mol. The van der Waals surface area contributed by atoms with Crippen molar-refractivity contribution in [3.63, 3.8) is 0 Å². The lowest BCUT2D eigenvalue weighted by molar-refractivity contribution is 0.0691. The first-order chi connectivity index (χ1) is 10.1. The number of nitrogens with zero attached hydrogens (tertiary/aromatic N) is 3. The van der Waals surface area contributed by atoms with Gasteiger partial charge in [0.05, 0.1) is 12.9 Å². The van der Waals surface area contributed by atoms with Crippen molar-refractivity contribution in [1.29, 1.82) is 0 Å². The van der Waals surface area contributed by atoms with Crippen molar-refractivity contribution in [3.8, 4) is 0 Å². The zero-order valence-corrected chi connectivity index (χ0v) is 12.2. The minimum atomic E-state index is -1.08. The van der Waals surface area contributed by atoms with E-state index in [1.165, 1.54) is 12.5 Å². The van der Waals surface area contributed by atoms with Crippen LogP contribution < -0.4 is 5.32 Å². The van der Waals surface area contributed by atoms with Gasteiger partial charge in [0.1, 0.15) is 0 Å². The van der Waals surface area contributed by atoms with Gasteiger partial charge in [0.2, 0.25) is 0 Å². The molecule has 0 saturated carbocycles. The van der Waals surface area contributed by atoms with Gasteiger partial charge in [-0.15, -0.1) is 0 Å². The van der Waals surface area contributed by atoms with Crippen LogP contribution in [0.1, 0.15) is 30.3 Å². The molecule has 1 rings (SSSR count). The topological polar surface area (TPSA) is 108 Å². The van der Waals surface area contributed by atoms with Crippen molar-refractivity contribution in [2.75, 3.05) is 26.2 Å². The highest BCUT2D eigenvalue weighted by Crippen LogP contribution is 1.97. The van der Waals surface area contributed by atoms with E-state index in [0.29, 0.717) is 26.2 Å². The van der Waals surface area contributed by atoms with E-state index in [9.17, 15) is 9.59 Å². The number of unbranched alkanes of at least 4 members (excludes halogenated alkanes) is 1. The third-order valence-electron chi connectivity index (χ3n) is 2.94. The maximum atomic E-state index is 11.9. The Bertz CT molecular complexity index is 461. The molecule has 0 fully saturated rings. The largest absolute Gasteiger partial charge is 0.476 e. The van der Waals surface area contributed by atoms with Gasteiger partial charge in [-0.05, 0) is 6.42 Å². The van der Waals surface area contributed by atoms with Crippen LogP contribution in [0.5, 0.6) is 0 Å². The molecule has 2 amide bonds. The summed E-state index contributed by atoms with van der Waals surface area (Å²) in [5.41, 5.74) is -0.0221. The number of nitrogens with one attached hydrogen (secondary N) is 1. The monoisotopic (exact) mass is 298 g/mol. The number of carboxylic acid groups (broad SMARTS) is 1. The van der Waals surface area contributed by atoms with Gasteiger partial charge in [0.25, 0.3) is 0 Å². The Balaban J connectivity index is 2.37. The van der Waals surface area contributed by atoms with Gasteiger partial charge in [-0.2, -0.15) is 0 Å². The molecule has 1 aromatic rings. The fraction of sp³-hybridized carbons (Fsp3) is 0.615. The van der Waals surface area contributed by atoms with Crippen molar-refractivity contribution in [3.05, 3.63) is 18.2 Å². The molecule has 3 N–H and O–H groups in total. The molecule has 8 nitrogen and oxygen atoms in total. The van der Waals surface area contributed by atoms with Crippen LogP contribution in [0, 0.1) is 0 Å². The van der Waals surface area contributed by atoms with Crippen LogP contribution in [0.15, 0.2) is 12.5 Å². The summed E-state index contributed by atoms with van der Waals surface area (Å²) in [5.74, 6) is -1.08. The number of hydrogen-bond donors (Lipinski definition) is 3. The number of aromatic carboxylic acids is 1. The number of carbonyl (C=O) groups excluding carboxylic acids is 1. The standard InChI is InChI=1S/C13H22N4O4/c1-2-3-5-17(7-8-18)13(21)14-4-6-16-9-11(12(19)20)15-10-16/h9-10,18H,2-8H2,1H3,(H,14,21)(H,19,20). The van der Waals surface area contributed by atoms with Gasteiger partial charge in [0, 0.05) is 32.4 Å². The number of rotatable bonds is 9. The number of carbonyl (C=O) groups is 2. The number of aliphatic hydroxyl groups is 1. The molecule has 0 aromatic carbocycles. The second-order valence-corrected chi connectivity index (χ2v) is 4.60. The average Bonchev–Trinajstić information content (AvgIpc) is 2.92. The van der Waals surface area contributed by atoms with Gasteiger partial charge >= 0.3 is 12.0 Å². The molecule has 21 heavy (non-hydrogen) atoms. The number of carboxylic acids is 1. The number of urea groups is 1. The first kappa shape index (κ1) is 17.0. The summed E-state index contributed by atoms with van der Waals surface area (Å²) in [6, 6.07) is -0.226. The van der Waals surface area contributed by atoms with E-state index in [4.69, 9.17) is 10.2 Å². The van der Waals surface area contributed by atoms with Crippen LogP contribution in [0.25, 0.3) is 0 Å². The van der Waals surface area contributed by atoms with Crippen LogP contribution >= 0.6 is 0 Å². The van der Waals surface area contributed by atoms with Crippen molar-refractivity contribution < 1.29 is 19.8 Å². The summed E-state index contributed by atoms with van der Waals surface area (Å²) >= 11 is 0. The van der Waals surface area contributed by atoms with E-state index in [-0.39, 0.29) is 18.3 Å². The Labute approximate surface area is 123 Å². The lowest BCUT2D eigenvalue weighted by Gasteiger charge is -2.22. The number of imidazole rings is 1. The van der Waals surface area contributed by atoms with E-state index >= 15 is 0 Å². The summed E-state index contributed by atoms with van der Waals surface area (Å²) in [7, 11) is 0. The molecule has 0 bridgehead atoms. The SMILES string of the molecule is CCCCN(CCO)C(=O)NCCn1cnc(C(=O)O)c1. The molecule has 0 unspecified atom stereocenters. The molecule has 0 atom stereocenters. The number of aromatic nitrogens is 2. The fourth-order valence-corrected chi connectivity index (χ4v) is 1.78. The predicted molar refractivity (Wildman–Crippen MR) is 76.2 cm³/mol. The molecule has 0 aliphatic rings. The second-order valence-electron chi connectivity index (χ2n) is 4.60. The lowest BCUT2D eigenvalue weighted by atomic mass is 10.3. The van der Waals surface area contributed by atoms with Crippen LogP contribution in [0.2, 0.25) is 0 Å². The van der Waals surface area contributed by atoms with E-state index < -0.39 is 5.97 Å². The molecule has 0 aliphatic carbocycles. The fourth-order valence-electron chi connectivity index (χ4n) is 1.78. The summed E-state index contributed by atoms with van der Waals surface area (Å²) < 4.78 is 1.60. The van der Waals surface area contributed by atoms with Crippen LogP contribution in [-0.2, 0) is 6.54 Å². The second kappa shape index (κ2) is 8.96. The third-order valence-corrected chi connectivity index (χ3v) is 2.94. The van der Waals surface area contributed by atoms with Gasteiger partial charge in [-0.3, -0.25) is 0 Å². The van der Waals surface area contributed by atoms with Crippen molar-refractivity contribution in [2.45, 2.75) is 26.3 Å². The molecule has 0 aliphatic heterocycles. The minimum absolute atomic E-state index is 0.0221. The Morgan fingerprint density at radius 3 is 2.76 bits per heavy atom. The quantitative estimate of drug-likeness (QED) is 0.611. The number of hydrogen-bond acceptors (Lipinski definition) is 4. The van der Waals surface area contributed by atoms with Crippen molar-refractivity contribution in [2.24, 2.45) is 0 Å². The maximum absolute atomic E-state index is 11.9. The smallest absolute Gasteiger partial charge is 0.356 e. The highest BCUT2D eigenvalue weighted by Gasteiger charge is 2.11. The molecule has 8 heteroatoms.